The Balaban J connectivity index is 1.72. The summed E-state index contributed by atoms with van der Waals surface area (Å²) in [6.07, 6.45) is 4.09. The molecule has 2 rings (SSSR count). The summed E-state index contributed by atoms with van der Waals surface area (Å²) in [4.78, 5) is 14.4. The highest BCUT2D eigenvalue weighted by molar-refractivity contribution is 5.92. The van der Waals surface area contributed by atoms with Gasteiger partial charge in [-0.15, -0.1) is 0 Å². The molecule has 0 aliphatic heterocycles. The van der Waals surface area contributed by atoms with Gasteiger partial charge in [-0.25, -0.2) is 0 Å². The van der Waals surface area contributed by atoms with E-state index in [2.05, 4.69) is 23.2 Å². The van der Waals surface area contributed by atoms with E-state index >= 15 is 0 Å². The molecule has 1 amide bonds. The van der Waals surface area contributed by atoms with Crippen LogP contribution < -0.4 is 5.32 Å². The van der Waals surface area contributed by atoms with E-state index in [1.807, 2.05) is 6.07 Å². The number of para-hydroxylation sites is 1. The zero-order valence-electron chi connectivity index (χ0n) is 12.6. The molecule has 0 unspecified atom stereocenters. The van der Waals surface area contributed by atoms with Crippen molar-refractivity contribution in [1.29, 1.82) is 5.26 Å². The number of anilines is 1. The zero-order valence-corrected chi connectivity index (χ0v) is 12.6. The molecule has 112 valence electrons. The number of hydrogen-bond acceptors (Lipinski definition) is 3. The minimum absolute atomic E-state index is 0.0137. The van der Waals surface area contributed by atoms with Crippen molar-refractivity contribution in [3.63, 3.8) is 0 Å². The Bertz CT molecular complexity index is 517. The minimum Gasteiger partial charge on any atom is -0.325 e. The topological polar surface area (TPSA) is 56.1 Å². The SMILES string of the molecule is CCN(CCCC(=O)Nc1ccccc1C#N)CC1CC1. The van der Waals surface area contributed by atoms with Crippen LogP contribution in [0.4, 0.5) is 5.69 Å². The standard InChI is InChI=1S/C17H23N3O/c1-2-20(13-14-9-10-14)11-5-8-17(21)19-16-7-4-3-6-15(16)12-18/h3-4,6-7,14H,2,5,8-11,13H2,1H3,(H,19,21). The van der Waals surface area contributed by atoms with Crippen LogP contribution in [0.2, 0.25) is 0 Å². The fourth-order valence-electron chi connectivity index (χ4n) is 2.41. The molecule has 1 fully saturated rings. The van der Waals surface area contributed by atoms with Crippen molar-refractivity contribution < 1.29 is 4.79 Å². The maximum atomic E-state index is 11.9. The monoisotopic (exact) mass is 285 g/mol. The summed E-state index contributed by atoms with van der Waals surface area (Å²) in [7, 11) is 0. The molecule has 1 aliphatic rings. The molecule has 4 nitrogen and oxygen atoms in total. The van der Waals surface area contributed by atoms with Crippen molar-refractivity contribution >= 4 is 11.6 Å². The van der Waals surface area contributed by atoms with E-state index in [0.29, 0.717) is 17.7 Å². The Morgan fingerprint density at radius 2 is 2.19 bits per heavy atom. The number of nitrogens with zero attached hydrogens (tertiary/aromatic N) is 2. The van der Waals surface area contributed by atoms with E-state index in [4.69, 9.17) is 5.26 Å². The average molecular weight is 285 g/mol. The average Bonchev–Trinajstić information content (AvgIpc) is 3.30. The Morgan fingerprint density at radius 3 is 2.86 bits per heavy atom. The molecule has 0 saturated heterocycles. The number of benzene rings is 1. The summed E-state index contributed by atoms with van der Waals surface area (Å²) in [5.41, 5.74) is 1.12. The van der Waals surface area contributed by atoms with Gasteiger partial charge in [-0.2, -0.15) is 5.26 Å². The van der Waals surface area contributed by atoms with Gasteiger partial charge in [0.1, 0.15) is 6.07 Å². The van der Waals surface area contributed by atoms with Crippen molar-refractivity contribution in [2.45, 2.75) is 32.6 Å². The van der Waals surface area contributed by atoms with Crippen molar-refractivity contribution in [3.05, 3.63) is 29.8 Å². The Morgan fingerprint density at radius 1 is 1.43 bits per heavy atom. The lowest BCUT2D eigenvalue weighted by Crippen LogP contribution is -2.27. The highest BCUT2D eigenvalue weighted by atomic mass is 16.1. The van der Waals surface area contributed by atoms with Gasteiger partial charge in [0, 0.05) is 13.0 Å². The van der Waals surface area contributed by atoms with Gasteiger partial charge in [0.2, 0.25) is 5.91 Å². The van der Waals surface area contributed by atoms with E-state index in [0.717, 1.165) is 25.4 Å². The normalized spacial score (nSPS) is 14.0. The number of amides is 1. The summed E-state index contributed by atoms with van der Waals surface area (Å²) in [6.45, 7) is 5.37. The number of rotatable bonds is 8. The van der Waals surface area contributed by atoms with E-state index < -0.39 is 0 Å². The van der Waals surface area contributed by atoms with Crippen LogP contribution in [0.3, 0.4) is 0 Å². The molecule has 1 N–H and O–H groups in total. The fraction of sp³-hybridized carbons (Fsp3) is 0.529. The second-order valence-corrected chi connectivity index (χ2v) is 5.65. The summed E-state index contributed by atoms with van der Waals surface area (Å²) < 4.78 is 0. The molecule has 1 aromatic carbocycles. The van der Waals surface area contributed by atoms with Crippen LogP contribution in [0.25, 0.3) is 0 Å². The molecule has 4 heteroatoms. The first-order chi connectivity index (χ1) is 10.2. The zero-order chi connectivity index (χ0) is 15.1. The van der Waals surface area contributed by atoms with Gasteiger partial charge in [-0.1, -0.05) is 19.1 Å². The summed E-state index contributed by atoms with van der Waals surface area (Å²) in [5.74, 6) is 0.876. The Hall–Kier alpha value is -1.86. The van der Waals surface area contributed by atoms with Crippen LogP contribution in [0.15, 0.2) is 24.3 Å². The largest absolute Gasteiger partial charge is 0.325 e. The van der Waals surface area contributed by atoms with Crippen molar-refractivity contribution in [3.8, 4) is 6.07 Å². The van der Waals surface area contributed by atoms with Crippen LogP contribution in [0, 0.1) is 17.2 Å². The smallest absolute Gasteiger partial charge is 0.224 e. The number of nitrogens with one attached hydrogen (secondary N) is 1. The second-order valence-electron chi connectivity index (χ2n) is 5.65. The quantitative estimate of drug-likeness (QED) is 0.799. The van der Waals surface area contributed by atoms with Gasteiger partial charge >= 0.3 is 0 Å². The van der Waals surface area contributed by atoms with E-state index in [-0.39, 0.29) is 5.91 Å². The number of nitriles is 1. The van der Waals surface area contributed by atoms with Crippen LogP contribution in [-0.4, -0.2) is 30.4 Å². The first kappa shape index (κ1) is 15.5. The lowest BCUT2D eigenvalue weighted by atomic mass is 10.2. The van der Waals surface area contributed by atoms with E-state index in [1.165, 1.54) is 19.4 Å². The van der Waals surface area contributed by atoms with Gasteiger partial charge in [0.05, 0.1) is 11.3 Å². The summed E-state index contributed by atoms with van der Waals surface area (Å²) in [6, 6.07) is 9.19. The molecule has 0 aromatic heterocycles. The molecular formula is C17H23N3O. The summed E-state index contributed by atoms with van der Waals surface area (Å²) in [5, 5.41) is 11.8. The third kappa shape index (κ3) is 5.20. The molecule has 0 heterocycles. The lowest BCUT2D eigenvalue weighted by Gasteiger charge is -2.19. The molecular weight excluding hydrogens is 262 g/mol. The van der Waals surface area contributed by atoms with Crippen molar-refractivity contribution in [2.24, 2.45) is 5.92 Å². The third-order valence-electron chi connectivity index (χ3n) is 3.86. The predicted octanol–water partition coefficient (Wildman–Crippen LogP) is 3.01. The van der Waals surface area contributed by atoms with Gasteiger partial charge in [-0.05, 0) is 50.4 Å². The maximum absolute atomic E-state index is 11.9. The molecule has 0 spiro atoms. The van der Waals surface area contributed by atoms with Crippen molar-refractivity contribution in [1.82, 2.24) is 4.90 Å². The van der Waals surface area contributed by atoms with Crippen molar-refractivity contribution in [2.75, 3.05) is 25.0 Å². The van der Waals surface area contributed by atoms with Crippen LogP contribution in [-0.2, 0) is 4.79 Å². The summed E-state index contributed by atoms with van der Waals surface area (Å²) >= 11 is 0. The third-order valence-corrected chi connectivity index (χ3v) is 3.86. The van der Waals surface area contributed by atoms with Gasteiger partial charge in [-0.3, -0.25) is 4.79 Å². The fourth-order valence-corrected chi connectivity index (χ4v) is 2.41. The predicted molar refractivity (Wildman–Crippen MR) is 83.9 cm³/mol. The Kier molecular flexibility index (Phi) is 5.77. The van der Waals surface area contributed by atoms with Gasteiger partial charge in [0.15, 0.2) is 0 Å². The van der Waals surface area contributed by atoms with Gasteiger partial charge in [0.25, 0.3) is 0 Å². The molecule has 1 saturated carbocycles. The van der Waals surface area contributed by atoms with E-state index in [9.17, 15) is 4.79 Å². The first-order valence-electron chi connectivity index (χ1n) is 7.74. The number of carbonyl (C=O) groups excluding carboxylic acids is 1. The molecule has 0 atom stereocenters. The molecule has 0 bridgehead atoms. The molecule has 1 aliphatic carbocycles. The number of hydrogen-bond donors (Lipinski definition) is 1. The molecule has 1 aromatic rings. The second kappa shape index (κ2) is 7.80. The van der Waals surface area contributed by atoms with E-state index in [1.54, 1.807) is 18.2 Å². The first-order valence-corrected chi connectivity index (χ1v) is 7.74. The van der Waals surface area contributed by atoms with Gasteiger partial charge < -0.3 is 10.2 Å². The lowest BCUT2D eigenvalue weighted by molar-refractivity contribution is -0.116. The van der Waals surface area contributed by atoms with Crippen LogP contribution in [0.5, 0.6) is 0 Å². The highest BCUT2D eigenvalue weighted by Gasteiger charge is 2.23. The van der Waals surface area contributed by atoms with Crippen LogP contribution >= 0.6 is 0 Å². The minimum atomic E-state index is -0.0137. The highest BCUT2D eigenvalue weighted by Crippen LogP contribution is 2.29. The van der Waals surface area contributed by atoms with Crippen LogP contribution in [0.1, 0.15) is 38.2 Å². The maximum Gasteiger partial charge on any atom is 0.224 e. The molecule has 0 radical (unpaired) electrons. The number of carbonyl (C=O) groups is 1. The molecule has 21 heavy (non-hydrogen) atoms. The Labute approximate surface area is 126 Å².